The molecule has 35 heavy (non-hydrogen) atoms. The van der Waals surface area contributed by atoms with Gasteiger partial charge in [-0.05, 0) is 54.4 Å². The van der Waals surface area contributed by atoms with E-state index in [9.17, 15) is 4.79 Å². The number of rotatable bonds is 7. The number of thioether (sulfide) groups is 1. The van der Waals surface area contributed by atoms with Gasteiger partial charge in [0.15, 0.2) is 0 Å². The summed E-state index contributed by atoms with van der Waals surface area (Å²) in [6.07, 6.45) is 6.80. The van der Waals surface area contributed by atoms with Crippen LogP contribution >= 0.6 is 11.8 Å². The number of pyridine rings is 2. The van der Waals surface area contributed by atoms with E-state index in [1.165, 1.54) is 11.8 Å². The number of ether oxygens (including phenoxy) is 1. The van der Waals surface area contributed by atoms with Crippen LogP contribution in [0.15, 0.2) is 89.7 Å². The number of allylic oxidation sites excluding steroid dienone is 1. The minimum Gasteiger partial charge on any atom is -0.497 e. The van der Waals surface area contributed by atoms with Gasteiger partial charge >= 0.3 is 0 Å². The summed E-state index contributed by atoms with van der Waals surface area (Å²) in [6.45, 7) is 1.87. The van der Waals surface area contributed by atoms with Gasteiger partial charge in [-0.2, -0.15) is 4.98 Å². The van der Waals surface area contributed by atoms with E-state index in [1.807, 2.05) is 43.3 Å². The highest BCUT2D eigenvalue weighted by molar-refractivity contribution is 7.98. The second-order valence-electron chi connectivity index (χ2n) is 7.85. The van der Waals surface area contributed by atoms with Gasteiger partial charge in [0, 0.05) is 30.0 Å². The van der Waals surface area contributed by atoms with Crippen molar-refractivity contribution in [2.45, 2.75) is 23.9 Å². The summed E-state index contributed by atoms with van der Waals surface area (Å²) < 4.78 is 7.21. The number of anilines is 2. The molecule has 4 heterocycles. The highest BCUT2D eigenvalue weighted by Crippen LogP contribution is 2.38. The number of nitrogens with one attached hydrogen (secondary N) is 2. The molecule has 0 saturated heterocycles. The first-order valence-corrected chi connectivity index (χ1v) is 11.9. The van der Waals surface area contributed by atoms with Crippen molar-refractivity contribution in [2.75, 3.05) is 17.7 Å². The van der Waals surface area contributed by atoms with E-state index in [0.29, 0.717) is 39.6 Å². The van der Waals surface area contributed by atoms with Gasteiger partial charge in [-0.1, -0.05) is 23.9 Å². The number of hydrogen-bond acceptors (Lipinski definition) is 8. The molecule has 9 nitrogen and oxygen atoms in total. The standard InChI is InChI=1S/C25H23N7O2S/c1-16-21(23(33)29-19-6-4-10-27-14-19)22(18-5-3-7-20(13-18)34-2)32-24(28-16)30-25(31-32)35-15-17-8-11-26-12-9-17/h3-14,22H,15H2,1-2H3,(H,29,33)(H,28,30,31). The summed E-state index contributed by atoms with van der Waals surface area (Å²) in [6, 6.07) is 14.6. The molecule has 1 unspecified atom stereocenters. The number of nitrogens with zero attached hydrogens (tertiary/aromatic N) is 5. The third-order valence-electron chi connectivity index (χ3n) is 5.52. The molecule has 1 atom stereocenters. The normalized spacial score (nSPS) is 14.7. The zero-order chi connectivity index (χ0) is 24.2. The van der Waals surface area contributed by atoms with Crippen molar-refractivity contribution in [2.24, 2.45) is 0 Å². The fourth-order valence-electron chi connectivity index (χ4n) is 3.87. The van der Waals surface area contributed by atoms with E-state index in [2.05, 4.69) is 20.6 Å². The molecule has 0 fully saturated rings. The summed E-state index contributed by atoms with van der Waals surface area (Å²) in [5.74, 6) is 1.73. The van der Waals surface area contributed by atoms with Gasteiger partial charge in [0.05, 0.1) is 24.6 Å². The molecule has 2 N–H and O–H groups in total. The molecule has 1 aliphatic heterocycles. The van der Waals surface area contributed by atoms with Crippen molar-refractivity contribution >= 4 is 29.3 Å². The summed E-state index contributed by atoms with van der Waals surface area (Å²) in [7, 11) is 1.62. The lowest BCUT2D eigenvalue weighted by Crippen LogP contribution is -2.31. The van der Waals surface area contributed by atoms with Crippen molar-refractivity contribution in [3.05, 3.63) is 95.7 Å². The van der Waals surface area contributed by atoms with E-state index in [-0.39, 0.29) is 5.91 Å². The number of aromatic nitrogens is 5. The Balaban J connectivity index is 1.51. The number of fused-ring (bicyclic) bond motifs is 1. The van der Waals surface area contributed by atoms with Gasteiger partial charge in [0.1, 0.15) is 11.8 Å². The third-order valence-corrected chi connectivity index (χ3v) is 6.43. The number of carbonyl (C=O) groups is 1. The van der Waals surface area contributed by atoms with Crippen LogP contribution in [0.1, 0.15) is 24.1 Å². The smallest absolute Gasteiger partial charge is 0.255 e. The average Bonchev–Trinajstić information content (AvgIpc) is 3.30. The largest absolute Gasteiger partial charge is 0.497 e. The van der Waals surface area contributed by atoms with Crippen LogP contribution in [0, 0.1) is 0 Å². The highest BCUT2D eigenvalue weighted by Gasteiger charge is 2.34. The molecule has 1 aromatic carbocycles. The molecule has 176 valence electrons. The molecule has 4 aromatic rings. The molecule has 0 spiro atoms. The number of carbonyl (C=O) groups excluding carboxylic acids is 1. The van der Waals surface area contributed by atoms with Crippen molar-refractivity contribution in [1.82, 2.24) is 24.7 Å². The van der Waals surface area contributed by atoms with Crippen LogP contribution in [0.4, 0.5) is 11.6 Å². The summed E-state index contributed by atoms with van der Waals surface area (Å²) >= 11 is 1.52. The average molecular weight is 486 g/mol. The van der Waals surface area contributed by atoms with E-state index in [0.717, 1.165) is 11.1 Å². The van der Waals surface area contributed by atoms with E-state index in [4.69, 9.17) is 14.8 Å². The van der Waals surface area contributed by atoms with E-state index < -0.39 is 6.04 Å². The maximum Gasteiger partial charge on any atom is 0.255 e. The van der Waals surface area contributed by atoms with Crippen LogP contribution in [0.5, 0.6) is 5.75 Å². The molecule has 3 aromatic heterocycles. The molecular formula is C25H23N7O2S. The van der Waals surface area contributed by atoms with Crippen LogP contribution in [0.3, 0.4) is 0 Å². The highest BCUT2D eigenvalue weighted by atomic mass is 32.2. The Morgan fingerprint density at radius 1 is 1.14 bits per heavy atom. The van der Waals surface area contributed by atoms with Crippen LogP contribution in [0.25, 0.3) is 0 Å². The Hall–Kier alpha value is -4.18. The fraction of sp³-hybridized carbons (Fsp3) is 0.160. The zero-order valence-corrected chi connectivity index (χ0v) is 20.0. The molecular weight excluding hydrogens is 462 g/mol. The SMILES string of the molecule is COc1cccc(C2C(C(=O)Nc3cccnc3)=C(C)Nc3nc(SCc4ccncc4)nn32)c1. The van der Waals surface area contributed by atoms with Crippen molar-refractivity contribution in [3.63, 3.8) is 0 Å². The summed E-state index contributed by atoms with van der Waals surface area (Å²) in [5.41, 5.74) is 3.83. The summed E-state index contributed by atoms with van der Waals surface area (Å²) in [4.78, 5) is 26.3. The minimum absolute atomic E-state index is 0.247. The lowest BCUT2D eigenvalue weighted by molar-refractivity contribution is -0.113. The molecule has 10 heteroatoms. The number of benzene rings is 1. The molecule has 5 rings (SSSR count). The van der Waals surface area contributed by atoms with Gasteiger partial charge < -0.3 is 15.4 Å². The van der Waals surface area contributed by atoms with Crippen LogP contribution in [0.2, 0.25) is 0 Å². The van der Waals surface area contributed by atoms with Crippen molar-refractivity contribution < 1.29 is 9.53 Å². The lowest BCUT2D eigenvalue weighted by Gasteiger charge is -2.28. The van der Waals surface area contributed by atoms with Gasteiger partial charge in [-0.3, -0.25) is 14.8 Å². The Morgan fingerprint density at radius 2 is 2.00 bits per heavy atom. The fourth-order valence-corrected chi connectivity index (χ4v) is 4.65. The van der Waals surface area contributed by atoms with Crippen LogP contribution < -0.4 is 15.4 Å². The van der Waals surface area contributed by atoms with Crippen LogP contribution in [-0.2, 0) is 10.5 Å². The predicted molar refractivity (Wildman–Crippen MR) is 134 cm³/mol. The molecule has 1 amide bonds. The molecule has 0 radical (unpaired) electrons. The number of methoxy groups -OCH3 is 1. The Labute approximate surface area is 206 Å². The van der Waals surface area contributed by atoms with E-state index in [1.54, 1.807) is 48.7 Å². The molecule has 1 aliphatic rings. The van der Waals surface area contributed by atoms with Crippen molar-refractivity contribution in [1.29, 1.82) is 0 Å². The minimum atomic E-state index is -0.499. The predicted octanol–water partition coefficient (Wildman–Crippen LogP) is 4.30. The van der Waals surface area contributed by atoms with Gasteiger partial charge in [-0.25, -0.2) is 4.68 Å². The first-order valence-electron chi connectivity index (χ1n) is 10.9. The summed E-state index contributed by atoms with van der Waals surface area (Å²) in [5, 5.41) is 11.6. The first-order chi connectivity index (χ1) is 17.1. The molecule has 0 saturated carbocycles. The second kappa shape index (κ2) is 9.98. The number of hydrogen-bond donors (Lipinski definition) is 2. The van der Waals surface area contributed by atoms with Crippen molar-refractivity contribution in [3.8, 4) is 5.75 Å². The van der Waals surface area contributed by atoms with Gasteiger partial charge in [0.25, 0.3) is 5.91 Å². The quantitative estimate of drug-likeness (QED) is 0.373. The molecule has 0 aliphatic carbocycles. The Bertz CT molecular complexity index is 1370. The van der Waals surface area contributed by atoms with Gasteiger partial charge in [0.2, 0.25) is 11.1 Å². The Morgan fingerprint density at radius 3 is 2.77 bits per heavy atom. The maximum absolute atomic E-state index is 13.5. The lowest BCUT2D eigenvalue weighted by atomic mass is 9.95. The topological polar surface area (TPSA) is 107 Å². The Kier molecular flexibility index (Phi) is 6.44. The zero-order valence-electron chi connectivity index (χ0n) is 19.2. The molecule has 0 bridgehead atoms. The maximum atomic E-state index is 13.5. The van der Waals surface area contributed by atoms with Crippen LogP contribution in [-0.4, -0.2) is 37.7 Å². The van der Waals surface area contributed by atoms with Gasteiger partial charge in [-0.15, -0.1) is 5.10 Å². The monoisotopic (exact) mass is 485 g/mol. The van der Waals surface area contributed by atoms with E-state index >= 15 is 0 Å². The third kappa shape index (κ3) is 4.87. The second-order valence-corrected chi connectivity index (χ2v) is 8.79. The number of amides is 1. The first kappa shape index (κ1) is 22.6.